The molecule has 0 aliphatic heterocycles. The van der Waals surface area contributed by atoms with Gasteiger partial charge in [-0.25, -0.2) is 4.39 Å². The first-order valence-corrected chi connectivity index (χ1v) is 14.0. The maximum atomic E-state index is 13.8. The maximum absolute atomic E-state index is 13.8. The van der Waals surface area contributed by atoms with Crippen LogP contribution in [0.3, 0.4) is 0 Å². The van der Waals surface area contributed by atoms with Gasteiger partial charge in [0.1, 0.15) is 18.2 Å². The second-order valence-corrected chi connectivity index (χ2v) is 10.7. The number of carbonyl (C=O) groups excluding carboxylic acids is 2. The molecule has 7 heteroatoms. The highest BCUT2D eigenvalue weighted by Crippen LogP contribution is 2.49. The van der Waals surface area contributed by atoms with Crippen LogP contribution in [0.1, 0.15) is 60.5 Å². The molecule has 216 valence electrons. The first-order chi connectivity index (χ1) is 19.8. The first kappa shape index (κ1) is 30.0. The first-order valence-electron chi connectivity index (χ1n) is 14.0. The summed E-state index contributed by atoms with van der Waals surface area (Å²) in [7, 11) is 1.52. The zero-order chi connectivity index (χ0) is 29.5. The van der Waals surface area contributed by atoms with Gasteiger partial charge in [-0.05, 0) is 59.7 Å². The molecule has 1 aliphatic rings. The number of rotatable bonds is 13. The molecule has 0 spiro atoms. The lowest BCUT2D eigenvalue weighted by Gasteiger charge is -2.23. The molecule has 4 unspecified atom stereocenters. The van der Waals surface area contributed by atoms with E-state index in [-0.39, 0.29) is 66.1 Å². The van der Waals surface area contributed by atoms with Gasteiger partial charge in [-0.1, -0.05) is 62.7 Å². The number of halogens is 1. The van der Waals surface area contributed by atoms with E-state index in [1.807, 2.05) is 26.0 Å². The van der Waals surface area contributed by atoms with Crippen LogP contribution in [0.4, 0.5) is 4.39 Å². The summed E-state index contributed by atoms with van der Waals surface area (Å²) in [5.41, 5.74) is 2.64. The van der Waals surface area contributed by atoms with Crippen molar-refractivity contribution in [3.8, 4) is 17.2 Å². The number of ether oxygens (including phenoxy) is 2. The average molecular weight is 561 g/mol. The average Bonchev–Trinajstić information content (AvgIpc) is 3.43. The highest BCUT2D eigenvalue weighted by molar-refractivity contribution is 6.03. The number of phenols is 1. The number of allylic oxidation sites excluding steroid dienone is 2. The largest absolute Gasteiger partial charge is 0.507 e. The van der Waals surface area contributed by atoms with Crippen LogP contribution in [0.2, 0.25) is 0 Å². The Balaban J connectivity index is 1.64. The molecule has 0 radical (unpaired) electrons. The molecule has 3 aromatic rings. The quantitative estimate of drug-likeness (QED) is 0.229. The van der Waals surface area contributed by atoms with Crippen LogP contribution in [0.15, 0.2) is 72.8 Å². The van der Waals surface area contributed by atoms with Crippen LogP contribution in [-0.4, -0.2) is 42.1 Å². The van der Waals surface area contributed by atoms with Gasteiger partial charge in [0.2, 0.25) is 0 Å². The molecule has 0 heterocycles. The highest BCUT2D eigenvalue weighted by atomic mass is 19.1. The zero-order valence-electron chi connectivity index (χ0n) is 23.7. The van der Waals surface area contributed by atoms with E-state index in [2.05, 4.69) is 0 Å². The molecule has 0 fully saturated rings. The fraction of sp³-hybridized carbons (Fsp3) is 0.353. The number of hydrogen-bond acceptors (Lipinski definition) is 6. The predicted molar refractivity (Wildman–Crippen MR) is 156 cm³/mol. The summed E-state index contributed by atoms with van der Waals surface area (Å²) >= 11 is 0. The van der Waals surface area contributed by atoms with E-state index in [1.54, 1.807) is 42.5 Å². The van der Waals surface area contributed by atoms with Crippen molar-refractivity contribution in [2.24, 2.45) is 17.8 Å². The van der Waals surface area contributed by atoms with E-state index in [0.29, 0.717) is 17.9 Å². The predicted octanol–water partition coefficient (Wildman–Crippen LogP) is 6.60. The van der Waals surface area contributed by atoms with Crippen molar-refractivity contribution in [1.29, 1.82) is 0 Å². The Morgan fingerprint density at radius 2 is 1.78 bits per heavy atom. The topological polar surface area (TPSA) is 93.1 Å². The number of ketones is 2. The Hall–Kier alpha value is -3.97. The summed E-state index contributed by atoms with van der Waals surface area (Å²) in [6.07, 6.45) is 3.44. The van der Waals surface area contributed by atoms with Crippen molar-refractivity contribution in [2.75, 3.05) is 20.3 Å². The van der Waals surface area contributed by atoms with E-state index in [9.17, 15) is 24.2 Å². The van der Waals surface area contributed by atoms with Gasteiger partial charge in [0.25, 0.3) is 0 Å². The number of para-hydroxylation sites is 2. The summed E-state index contributed by atoms with van der Waals surface area (Å²) in [6, 6.07) is 18.0. The van der Waals surface area contributed by atoms with Crippen LogP contribution < -0.4 is 9.47 Å². The van der Waals surface area contributed by atoms with E-state index in [0.717, 1.165) is 23.1 Å². The van der Waals surface area contributed by atoms with Crippen LogP contribution in [0.25, 0.3) is 5.57 Å². The fourth-order valence-corrected chi connectivity index (χ4v) is 5.51. The molecule has 41 heavy (non-hydrogen) atoms. The second-order valence-electron chi connectivity index (χ2n) is 10.7. The lowest BCUT2D eigenvalue weighted by atomic mass is 9.82. The third kappa shape index (κ3) is 6.85. The second kappa shape index (κ2) is 13.6. The highest BCUT2D eigenvalue weighted by Gasteiger charge is 2.37. The minimum absolute atomic E-state index is 0.0585. The van der Waals surface area contributed by atoms with Crippen LogP contribution in [0.5, 0.6) is 17.2 Å². The van der Waals surface area contributed by atoms with Crippen LogP contribution in [-0.2, 0) is 4.79 Å². The number of methoxy groups -OCH3 is 1. The molecule has 0 amide bonds. The molecule has 6 nitrogen and oxygen atoms in total. The molecule has 2 N–H and O–H groups in total. The molecule has 0 aromatic heterocycles. The van der Waals surface area contributed by atoms with Gasteiger partial charge in [0, 0.05) is 30.4 Å². The number of phenolic OH excluding ortho intramolecular Hbond substituents is 1. The van der Waals surface area contributed by atoms with Crippen molar-refractivity contribution in [3.63, 3.8) is 0 Å². The summed E-state index contributed by atoms with van der Waals surface area (Å²) < 4.78 is 25.4. The third-order valence-corrected chi connectivity index (χ3v) is 8.12. The van der Waals surface area contributed by atoms with Gasteiger partial charge in [0.05, 0.1) is 12.7 Å². The number of aliphatic hydroxyl groups excluding tert-OH is 1. The lowest BCUT2D eigenvalue weighted by Crippen LogP contribution is -2.23. The monoisotopic (exact) mass is 560 g/mol. The van der Waals surface area contributed by atoms with Gasteiger partial charge >= 0.3 is 0 Å². The maximum Gasteiger partial charge on any atom is 0.174 e. The standard InChI is InChI=1S/C34H37FO6/c1-4-21(2)24(19-36)16-26(37)20-41-32-11-7-9-27(34(32)40-3)29-17-23(22-12-14-25(35)15-13-22)18-30(29)33(39)28-8-5-6-10-31(28)38/h5-15,18,21,24,29-30,36,38H,4,16-17,19-20H2,1-3H3. The number of aliphatic hydroxyl groups is 1. The van der Waals surface area contributed by atoms with E-state index >= 15 is 0 Å². The molecular formula is C34H37FO6. The Morgan fingerprint density at radius 1 is 1.05 bits per heavy atom. The summed E-state index contributed by atoms with van der Waals surface area (Å²) in [5.74, 6) is -0.899. The molecule has 0 saturated carbocycles. The third-order valence-electron chi connectivity index (χ3n) is 8.12. The lowest BCUT2D eigenvalue weighted by molar-refractivity contribution is -0.122. The van der Waals surface area contributed by atoms with Crippen molar-refractivity contribution < 1.29 is 33.7 Å². The minimum Gasteiger partial charge on any atom is -0.507 e. The Kier molecular flexibility index (Phi) is 9.95. The van der Waals surface area contributed by atoms with Crippen molar-refractivity contribution in [1.82, 2.24) is 0 Å². The normalized spacial score (nSPS) is 17.9. The summed E-state index contributed by atoms with van der Waals surface area (Å²) in [4.78, 5) is 26.5. The van der Waals surface area contributed by atoms with Gasteiger partial charge in [-0.2, -0.15) is 0 Å². The van der Waals surface area contributed by atoms with Crippen LogP contribution in [0, 0.1) is 23.6 Å². The van der Waals surface area contributed by atoms with Crippen molar-refractivity contribution in [3.05, 3.63) is 95.3 Å². The Bertz CT molecular complexity index is 1400. The molecule has 0 saturated heterocycles. The number of carbonyl (C=O) groups is 2. The molecular weight excluding hydrogens is 523 g/mol. The Labute approximate surface area is 240 Å². The van der Waals surface area contributed by atoms with E-state index < -0.39 is 5.92 Å². The van der Waals surface area contributed by atoms with Gasteiger partial charge < -0.3 is 19.7 Å². The fourth-order valence-electron chi connectivity index (χ4n) is 5.51. The van der Waals surface area contributed by atoms with Crippen molar-refractivity contribution >= 4 is 17.1 Å². The summed E-state index contributed by atoms with van der Waals surface area (Å²) in [5, 5.41) is 20.1. The molecule has 4 atom stereocenters. The SMILES string of the molecule is CCC(C)C(CO)CC(=O)COc1cccc(C2CC(c3ccc(F)cc3)=CC2C(=O)c2ccccc2O)c1OC. The van der Waals surface area contributed by atoms with Gasteiger partial charge in [0.15, 0.2) is 23.1 Å². The number of Topliss-reactive ketones (excluding diaryl/α,β-unsaturated/α-hetero) is 2. The van der Waals surface area contributed by atoms with Gasteiger partial charge in [-0.3, -0.25) is 9.59 Å². The zero-order valence-corrected chi connectivity index (χ0v) is 23.7. The molecule has 4 rings (SSSR count). The van der Waals surface area contributed by atoms with Crippen LogP contribution >= 0.6 is 0 Å². The molecule has 3 aromatic carbocycles. The summed E-state index contributed by atoms with van der Waals surface area (Å²) in [6.45, 7) is 3.82. The smallest absolute Gasteiger partial charge is 0.174 e. The van der Waals surface area contributed by atoms with E-state index in [1.165, 1.54) is 25.3 Å². The number of aromatic hydroxyl groups is 1. The Morgan fingerprint density at radius 3 is 2.44 bits per heavy atom. The molecule has 0 bridgehead atoms. The number of hydrogen-bond donors (Lipinski definition) is 2. The molecule has 1 aliphatic carbocycles. The van der Waals surface area contributed by atoms with E-state index in [4.69, 9.17) is 9.47 Å². The minimum atomic E-state index is -0.630. The van der Waals surface area contributed by atoms with Crippen molar-refractivity contribution in [2.45, 2.75) is 39.0 Å². The van der Waals surface area contributed by atoms with Gasteiger partial charge in [-0.15, -0.1) is 0 Å². The number of benzene rings is 3.